The minimum atomic E-state index is -1.57. The molecule has 0 saturated carbocycles. The van der Waals surface area contributed by atoms with Crippen LogP contribution in [0.5, 0.6) is 23.0 Å². The maximum absolute atomic E-state index is 14.3. The number of aliphatic imine (C=N–C) groups is 2. The van der Waals surface area contributed by atoms with Gasteiger partial charge in [0.15, 0.2) is 0 Å². The average molecular weight is 1560 g/mol. The second-order valence-electron chi connectivity index (χ2n) is 32.7. The van der Waals surface area contributed by atoms with Crippen molar-refractivity contribution >= 4 is 95.3 Å². The molecule has 6 N–H and O–H groups in total. The second kappa shape index (κ2) is 38.8. The molecule has 0 aliphatic rings. The summed E-state index contributed by atoms with van der Waals surface area (Å²) in [5.41, 5.74) is -7.98. The number of benzene rings is 4. The zero-order chi connectivity index (χ0) is 84.0. The Kier molecular flexibility index (Phi) is 32.2. The van der Waals surface area contributed by atoms with Crippen molar-refractivity contribution in [2.45, 2.75) is 236 Å². The van der Waals surface area contributed by atoms with Crippen molar-refractivity contribution in [3.05, 3.63) is 107 Å². The van der Waals surface area contributed by atoms with Crippen LogP contribution in [0.4, 0.5) is 30.6 Å². The Morgan fingerprint density at radius 2 is 0.577 bits per heavy atom. The van der Waals surface area contributed by atoms with E-state index < -0.39 is 142 Å². The van der Waals surface area contributed by atoms with E-state index in [9.17, 15) is 57.5 Å². The highest BCUT2D eigenvalue weighted by molar-refractivity contribution is 6.04. The monoisotopic (exact) mass is 1550 g/mol. The molecule has 0 fully saturated rings. The van der Waals surface area contributed by atoms with Gasteiger partial charge in [-0.25, -0.2) is 48.3 Å². The molecule has 608 valence electrons. The molecular formula is C78H106N8O25. The van der Waals surface area contributed by atoms with Crippen LogP contribution in [-0.4, -0.2) is 167 Å². The first-order valence-corrected chi connectivity index (χ1v) is 35.3. The predicted molar refractivity (Wildman–Crippen MR) is 404 cm³/mol. The molecule has 0 unspecified atom stereocenters. The number of carbonyl (C=O) groups excluding carboxylic acids is 12. The van der Waals surface area contributed by atoms with E-state index in [1.54, 1.807) is 166 Å². The fourth-order valence-corrected chi connectivity index (χ4v) is 8.65. The summed E-state index contributed by atoms with van der Waals surface area (Å²) in [6, 6.07) is 15.0. The van der Waals surface area contributed by atoms with E-state index in [0.29, 0.717) is 0 Å². The van der Waals surface area contributed by atoms with Crippen LogP contribution in [0.15, 0.2) is 94.9 Å². The van der Waals surface area contributed by atoms with E-state index in [-0.39, 0.29) is 95.0 Å². The number of hydrogen-bond acceptors (Lipinski definition) is 27. The van der Waals surface area contributed by atoms with Gasteiger partial charge in [-0.2, -0.15) is 0 Å². The standard InChI is InChI=1S/C78H106N8O25/c1-71(2,3)104-57(87)43-55(63(93)106-73(7,8)9)81-59(89)47-37-51(41-53(39-47)102-61(91)45-25-29-49(30-26-45)79-65(83-67(95)108-75(13,14)15)84-68(96)109-76(16,17)18)100-35-33-99-34-36-101-52-38-48(60(90)82-56(64(94)107-74(10,11)12)44-58(88)105-72(4,5)6)40-54(42-52)103-62(92)46-27-31-50(32-28-46)80-66(85-69(97)110-77(19,20)21)86-70(98)111-78(22,23)24/h25-32,37-42,55-56H,33-36,43-44H2,1-24H3,(H,81,89)(H,82,90)(H2,79,83,84,95,96)(H2,80,85,86,97,98)/t55-,56-/m0/s1. The summed E-state index contributed by atoms with van der Waals surface area (Å²) in [5, 5.41) is 14.5. The molecule has 2 atom stereocenters. The van der Waals surface area contributed by atoms with Gasteiger partial charge >= 0.3 is 60.2 Å². The zero-order valence-corrected chi connectivity index (χ0v) is 67.6. The number of nitrogens with zero attached hydrogens (tertiary/aromatic N) is 2. The van der Waals surface area contributed by atoms with Crippen LogP contribution in [-0.2, 0) is 61.8 Å². The Hall–Kier alpha value is -11.4. The van der Waals surface area contributed by atoms with Gasteiger partial charge in [0.05, 0.1) is 48.6 Å². The summed E-state index contributed by atoms with van der Waals surface area (Å²) in [6.07, 6.45) is -5.06. The molecule has 4 aromatic rings. The molecule has 0 aliphatic carbocycles. The summed E-state index contributed by atoms with van der Waals surface area (Å²) in [7, 11) is 0. The first-order chi connectivity index (χ1) is 50.8. The maximum Gasteiger partial charge on any atom is 0.414 e. The number of carbonyl (C=O) groups is 12. The molecule has 0 saturated heterocycles. The van der Waals surface area contributed by atoms with Gasteiger partial charge in [0.25, 0.3) is 11.8 Å². The van der Waals surface area contributed by atoms with Crippen molar-refractivity contribution in [1.82, 2.24) is 31.9 Å². The summed E-state index contributed by atoms with van der Waals surface area (Å²) < 4.78 is 72.8. The second-order valence-corrected chi connectivity index (χ2v) is 32.7. The third-order valence-corrected chi connectivity index (χ3v) is 12.4. The van der Waals surface area contributed by atoms with Crippen LogP contribution < -0.4 is 50.8 Å². The third kappa shape index (κ3) is 38.5. The van der Waals surface area contributed by atoms with E-state index in [1.807, 2.05) is 0 Å². The van der Waals surface area contributed by atoms with Gasteiger partial charge in [0.2, 0.25) is 11.9 Å². The summed E-state index contributed by atoms with van der Waals surface area (Å²) in [5.74, 6) is -8.72. The normalized spacial score (nSPS) is 12.4. The molecule has 0 heterocycles. The van der Waals surface area contributed by atoms with E-state index in [2.05, 4.69) is 41.9 Å². The number of rotatable bonds is 24. The topological polar surface area (TPSA) is 422 Å². The first kappa shape index (κ1) is 92.0. The molecule has 111 heavy (non-hydrogen) atoms. The van der Waals surface area contributed by atoms with Crippen LogP contribution >= 0.6 is 0 Å². The van der Waals surface area contributed by atoms with Gasteiger partial charge in [0.1, 0.15) is 93.1 Å². The molecule has 4 aromatic carbocycles. The van der Waals surface area contributed by atoms with E-state index in [4.69, 9.17) is 61.6 Å². The Bertz CT molecular complexity index is 3730. The van der Waals surface area contributed by atoms with Crippen LogP contribution in [0.3, 0.4) is 0 Å². The van der Waals surface area contributed by atoms with Crippen molar-refractivity contribution in [2.24, 2.45) is 9.98 Å². The highest BCUT2D eigenvalue weighted by Gasteiger charge is 2.35. The molecule has 6 amide bonds. The van der Waals surface area contributed by atoms with Gasteiger partial charge in [-0.15, -0.1) is 0 Å². The fourth-order valence-electron chi connectivity index (χ4n) is 8.65. The maximum atomic E-state index is 14.3. The Labute approximate surface area is 646 Å². The van der Waals surface area contributed by atoms with Crippen molar-refractivity contribution < 1.29 is 119 Å². The average Bonchev–Trinajstić information content (AvgIpc) is 0.831. The quantitative estimate of drug-likeness (QED) is 0.00947. The number of hydrogen-bond donors (Lipinski definition) is 6. The fraction of sp³-hybridized carbons (Fsp3) is 0.513. The summed E-state index contributed by atoms with van der Waals surface area (Å²) in [4.78, 5) is 169. The van der Waals surface area contributed by atoms with Crippen LogP contribution in [0, 0.1) is 0 Å². The smallest absolute Gasteiger partial charge is 0.414 e. The molecule has 4 rings (SSSR count). The lowest BCUT2D eigenvalue weighted by molar-refractivity contribution is -0.164. The zero-order valence-electron chi connectivity index (χ0n) is 67.6. The van der Waals surface area contributed by atoms with E-state index in [1.165, 1.54) is 84.9 Å². The molecule has 0 radical (unpaired) electrons. The Morgan fingerprint density at radius 1 is 0.315 bits per heavy atom. The SMILES string of the molecule is CC(C)(C)OC(=O)C[C@H](NC(=O)c1cc(OCCOCCOc2cc(OC(=O)c3ccc(N=C(NC(=O)OC(C)(C)C)NC(=O)OC(C)(C)C)cc3)cc(C(=O)N[C@@H](CC(=O)OC(C)(C)C)C(=O)OC(C)(C)C)c2)cc(OC(=O)c2ccc(N=C(NC(=O)OC(C)(C)C)NC(=O)OC(C)(C)C)cc2)c1)C(=O)OC(C)(C)C. The van der Waals surface area contributed by atoms with Crippen molar-refractivity contribution in [3.8, 4) is 23.0 Å². The largest absolute Gasteiger partial charge is 0.491 e. The molecule has 0 aliphatic heterocycles. The third-order valence-electron chi connectivity index (χ3n) is 12.4. The Balaban J connectivity index is 1.67. The number of guanidine groups is 2. The molecule has 33 nitrogen and oxygen atoms in total. The van der Waals surface area contributed by atoms with Gasteiger partial charge in [-0.3, -0.25) is 40.4 Å². The molecule has 33 heteroatoms. The van der Waals surface area contributed by atoms with Crippen molar-refractivity contribution in [2.75, 3.05) is 26.4 Å². The number of ether oxygens (including phenoxy) is 13. The van der Waals surface area contributed by atoms with E-state index in [0.717, 1.165) is 0 Å². The van der Waals surface area contributed by atoms with Crippen LogP contribution in [0.1, 0.15) is 220 Å². The predicted octanol–water partition coefficient (Wildman–Crippen LogP) is 12.0. The van der Waals surface area contributed by atoms with Crippen molar-refractivity contribution in [3.63, 3.8) is 0 Å². The highest BCUT2D eigenvalue weighted by atomic mass is 16.6. The van der Waals surface area contributed by atoms with E-state index >= 15 is 0 Å². The molecule has 0 bridgehead atoms. The number of amides is 6. The van der Waals surface area contributed by atoms with Gasteiger partial charge in [0, 0.05) is 23.3 Å². The minimum Gasteiger partial charge on any atom is -0.491 e. The first-order valence-electron chi connectivity index (χ1n) is 35.3. The molecular weight excluding hydrogens is 1450 g/mol. The minimum absolute atomic E-state index is 0.0463. The molecule has 0 aromatic heterocycles. The number of alkyl carbamates (subject to hydrolysis) is 4. The highest BCUT2D eigenvalue weighted by Crippen LogP contribution is 2.29. The number of esters is 6. The summed E-state index contributed by atoms with van der Waals surface area (Å²) in [6.45, 7) is 38.1. The van der Waals surface area contributed by atoms with Gasteiger partial charge in [-0.1, -0.05) is 0 Å². The van der Waals surface area contributed by atoms with Crippen LogP contribution in [0.25, 0.3) is 0 Å². The Morgan fingerprint density at radius 3 is 0.838 bits per heavy atom. The lowest BCUT2D eigenvalue weighted by Gasteiger charge is -2.26. The van der Waals surface area contributed by atoms with Crippen molar-refractivity contribution in [1.29, 1.82) is 0 Å². The van der Waals surface area contributed by atoms with Crippen LogP contribution in [0.2, 0.25) is 0 Å². The number of nitrogens with one attached hydrogen (secondary N) is 6. The lowest BCUT2D eigenvalue weighted by Crippen LogP contribution is -2.47. The summed E-state index contributed by atoms with van der Waals surface area (Å²) >= 11 is 0. The van der Waals surface area contributed by atoms with Gasteiger partial charge < -0.3 is 72.2 Å². The molecule has 0 spiro atoms. The lowest BCUT2D eigenvalue weighted by atomic mass is 10.1. The van der Waals surface area contributed by atoms with Gasteiger partial charge in [-0.05, 0) is 239 Å².